The van der Waals surface area contributed by atoms with E-state index in [9.17, 15) is 0 Å². The Balaban J connectivity index is 1.18. The molecule has 8 aromatic rings. The number of hydrogen-bond donors (Lipinski definition) is 0. The number of pyridine rings is 2. The Kier molecular flexibility index (Phi) is 4.69. The van der Waals surface area contributed by atoms with Crippen molar-refractivity contribution in [3.63, 3.8) is 0 Å². The van der Waals surface area contributed by atoms with Crippen LogP contribution >= 0.6 is 0 Å². The molecule has 3 aromatic carbocycles. The van der Waals surface area contributed by atoms with Gasteiger partial charge in [-0.05, 0) is 135 Å². The number of nitrogens with zero attached hydrogens (tertiary/aromatic N) is 4. The summed E-state index contributed by atoms with van der Waals surface area (Å²) in [5, 5.41) is 8.57. The van der Waals surface area contributed by atoms with E-state index in [-0.39, 0.29) is 0 Å². The van der Waals surface area contributed by atoms with Crippen LogP contribution in [0, 0.1) is 23.7 Å². The summed E-state index contributed by atoms with van der Waals surface area (Å²) >= 11 is 0. The lowest BCUT2D eigenvalue weighted by Crippen LogP contribution is -2.25. The maximum Gasteiger partial charge on any atom is 0.0728 e. The first-order chi connectivity index (χ1) is 24.7. The zero-order valence-corrected chi connectivity index (χ0v) is 28.4. The zero-order valence-electron chi connectivity index (χ0n) is 28.4. The average Bonchev–Trinajstić information content (AvgIpc) is 3.68. The fourth-order valence-corrected chi connectivity index (χ4v) is 14.0. The first-order valence-electron chi connectivity index (χ1n) is 19.8. The van der Waals surface area contributed by atoms with E-state index in [1.165, 1.54) is 141 Å². The summed E-state index contributed by atoms with van der Waals surface area (Å²) in [6, 6.07) is 23.2. The zero-order chi connectivity index (χ0) is 32.0. The van der Waals surface area contributed by atoms with Gasteiger partial charge >= 0.3 is 0 Å². The van der Waals surface area contributed by atoms with Crippen molar-refractivity contribution in [2.75, 3.05) is 0 Å². The standard InChI is InChI=1S/C46H40N4/c1-3-7-36-32(5-1)33-6-2-4-8-37(33)49(36)31-19-34-42-38(21-47-44-29-15-23-9-24(16-29)12-27(11-23)40(42)44)50-39-22-48-45-30-17-25-10-26(18-30)14-28(13-25)41(45)43(39)35(20-31)46(34)50/h1-8,19-30H,9-18H2. The van der Waals surface area contributed by atoms with Gasteiger partial charge in [0, 0.05) is 61.2 Å². The molecular weight excluding hydrogens is 609 g/mol. The quantitative estimate of drug-likeness (QED) is 0.178. The second kappa shape index (κ2) is 8.88. The van der Waals surface area contributed by atoms with Crippen molar-refractivity contribution in [3.05, 3.63) is 95.6 Å². The first kappa shape index (κ1) is 26.4. The van der Waals surface area contributed by atoms with Crippen LogP contribution in [0.25, 0.3) is 65.6 Å². The molecule has 0 saturated heterocycles. The van der Waals surface area contributed by atoms with Gasteiger partial charge in [-0.3, -0.25) is 9.97 Å². The summed E-state index contributed by atoms with van der Waals surface area (Å²) in [5.41, 5.74) is 14.1. The molecule has 4 saturated carbocycles. The molecule has 0 spiro atoms. The van der Waals surface area contributed by atoms with Crippen LogP contribution in [0.1, 0.15) is 110 Å². The molecule has 4 unspecified atom stereocenters. The van der Waals surface area contributed by atoms with E-state index in [0.717, 1.165) is 23.7 Å². The summed E-state index contributed by atoms with van der Waals surface area (Å²) in [6.45, 7) is 0. The Bertz CT molecular complexity index is 2590. The molecule has 8 aliphatic rings. The second-order valence-corrected chi connectivity index (χ2v) is 17.8. The molecule has 0 amide bonds. The average molecular weight is 649 g/mol. The minimum atomic E-state index is 0.627. The fraction of sp³-hybridized carbons (Fsp3) is 0.391. The monoisotopic (exact) mass is 648 g/mol. The summed E-state index contributed by atoms with van der Waals surface area (Å²) in [5.74, 6) is 6.01. The second-order valence-electron chi connectivity index (χ2n) is 17.8. The van der Waals surface area contributed by atoms with Crippen molar-refractivity contribution < 1.29 is 0 Å². The molecule has 4 atom stereocenters. The summed E-state index contributed by atoms with van der Waals surface area (Å²) < 4.78 is 5.21. The van der Waals surface area contributed by atoms with Crippen molar-refractivity contribution in [1.29, 1.82) is 0 Å². The van der Waals surface area contributed by atoms with Crippen LogP contribution < -0.4 is 0 Å². The molecule has 4 nitrogen and oxygen atoms in total. The van der Waals surface area contributed by atoms with E-state index >= 15 is 0 Å². The van der Waals surface area contributed by atoms with E-state index in [2.05, 4.69) is 82.0 Å². The molecule has 0 N–H and O–H groups in total. The molecule has 8 bridgehead atoms. The van der Waals surface area contributed by atoms with Gasteiger partial charge in [-0.2, -0.15) is 0 Å². The largest absolute Gasteiger partial charge is 0.309 e. The molecule has 4 fully saturated rings. The Morgan fingerprint density at radius 3 is 1.38 bits per heavy atom. The topological polar surface area (TPSA) is 35.1 Å². The predicted octanol–water partition coefficient (Wildman–Crippen LogP) is 11.5. The number of para-hydroxylation sites is 2. The summed E-state index contributed by atoms with van der Waals surface area (Å²) in [4.78, 5) is 11.0. The molecular formula is C46H40N4. The molecule has 50 heavy (non-hydrogen) atoms. The number of fused-ring (bicyclic) bond motifs is 9. The van der Waals surface area contributed by atoms with E-state index in [4.69, 9.17) is 9.97 Å². The minimum Gasteiger partial charge on any atom is -0.309 e. The highest BCUT2D eigenvalue weighted by molar-refractivity contribution is 6.25. The van der Waals surface area contributed by atoms with Crippen molar-refractivity contribution >= 4 is 59.9 Å². The van der Waals surface area contributed by atoms with Crippen LogP contribution in [0.15, 0.2) is 73.1 Å². The minimum absolute atomic E-state index is 0.627. The number of hydrogen-bond acceptors (Lipinski definition) is 2. The van der Waals surface area contributed by atoms with Crippen molar-refractivity contribution in [3.8, 4) is 5.69 Å². The van der Waals surface area contributed by atoms with Gasteiger partial charge in [0.25, 0.3) is 0 Å². The van der Waals surface area contributed by atoms with Gasteiger partial charge in [0.1, 0.15) is 0 Å². The van der Waals surface area contributed by atoms with Crippen LogP contribution in [0.5, 0.6) is 0 Å². The molecule has 16 rings (SSSR count). The van der Waals surface area contributed by atoms with E-state index in [0.29, 0.717) is 23.7 Å². The lowest BCUT2D eigenvalue weighted by atomic mass is 9.67. The Morgan fingerprint density at radius 2 is 0.900 bits per heavy atom. The Hall–Kier alpha value is -4.44. The van der Waals surface area contributed by atoms with Crippen molar-refractivity contribution in [2.45, 2.75) is 87.9 Å². The van der Waals surface area contributed by atoms with E-state index in [1.54, 1.807) is 11.1 Å². The Labute approximate surface area is 290 Å². The van der Waals surface area contributed by atoms with Gasteiger partial charge in [-0.25, -0.2) is 0 Å². The van der Waals surface area contributed by atoms with Crippen LogP contribution in [0.4, 0.5) is 0 Å². The predicted molar refractivity (Wildman–Crippen MR) is 202 cm³/mol. The van der Waals surface area contributed by atoms with Gasteiger partial charge in [0.2, 0.25) is 0 Å². The number of rotatable bonds is 1. The molecule has 8 aliphatic carbocycles. The van der Waals surface area contributed by atoms with Gasteiger partial charge in [-0.15, -0.1) is 0 Å². The molecule has 4 heteroatoms. The van der Waals surface area contributed by atoms with Gasteiger partial charge < -0.3 is 8.97 Å². The van der Waals surface area contributed by atoms with Crippen LogP contribution in [0.3, 0.4) is 0 Å². The van der Waals surface area contributed by atoms with Crippen LogP contribution in [0.2, 0.25) is 0 Å². The molecule has 0 aliphatic heterocycles. The normalized spacial score (nSPS) is 30.8. The van der Waals surface area contributed by atoms with E-state index in [1.807, 2.05) is 0 Å². The van der Waals surface area contributed by atoms with E-state index < -0.39 is 0 Å². The smallest absolute Gasteiger partial charge is 0.0728 e. The first-order valence-corrected chi connectivity index (χ1v) is 19.8. The number of aromatic nitrogens is 4. The van der Waals surface area contributed by atoms with Gasteiger partial charge in [0.15, 0.2) is 0 Å². The molecule has 5 heterocycles. The SMILES string of the molecule is c1ccc2c(c1)c1ccccc1n2-c1cc2c3c4c(ncc3n3c5cnc6c(c5c(c1)c23)C1CC2CC(CC6C2)C1)C1CC2CC(C1)CC4C2. The van der Waals surface area contributed by atoms with Gasteiger partial charge in [0.05, 0.1) is 40.0 Å². The maximum atomic E-state index is 5.48. The highest BCUT2D eigenvalue weighted by Crippen LogP contribution is 2.60. The fourth-order valence-electron chi connectivity index (χ4n) is 14.0. The van der Waals surface area contributed by atoms with Crippen LogP contribution in [-0.4, -0.2) is 18.9 Å². The lowest BCUT2D eigenvalue weighted by molar-refractivity contribution is 0.165. The molecule has 244 valence electrons. The number of benzene rings is 3. The highest BCUT2D eigenvalue weighted by atomic mass is 15.0. The van der Waals surface area contributed by atoms with Crippen molar-refractivity contribution in [1.82, 2.24) is 18.9 Å². The van der Waals surface area contributed by atoms with Gasteiger partial charge in [-0.1, -0.05) is 36.4 Å². The lowest BCUT2D eigenvalue weighted by Gasteiger charge is -2.38. The Morgan fingerprint density at radius 1 is 0.460 bits per heavy atom. The third-order valence-corrected chi connectivity index (χ3v) is 15.3. The van der Waals surface area contributed by atoms with Crippen molar-refractivity contribution in [2.24, 2.45) is 23.7 Å². The molecule has 0 radical (unpaired) electrons. The maximum absolute atomic E-state index is 5.48. The third kappa shape index (κ3) is 3.10. The van der Waals surface area contributed by atoms with Crippen LogP contribution in [-0.2, 0) is 0 Å². The third-order valence-electron chi connectivity index (χ3n) is 15.3. The summed E-state index contributed by atoms with van der Waals surface area (Å²) in [7, 11) is 0. The summed E-state index contributed by atoms with van der Waals surface area (Å²) in [6.07, 6.45) is 18.3. The molecule has 5 aromatic heterocycles. The highest BCUT2D eigenvalue weighted by Gasteiger charge is 2.46.